The van der Waals surface area contributed by atoms with Gasteiger partial charge in [-0.2, -0.15) is 0 Å². The lowest BCUT2D eigenvalue weighted by Crippen LogP contribution is -2.38. The monoisotopic (exact) mass is 400 g/mol. The number of likely N-dealkylation sites (tertiary alicyclic amines) is 1. The van der Waals surface area contributed by atoms with Crippen molar-refractivity contribution in [1.29, 1.82) is 0 Å². The van der Waals surface area contributed by atoms with E-state index in [0.717, 1.165) is 49.3 Å². The Balaban J connectivity index is 1.71. The SMILES string of the molecule is C=C(CCOC)C(=O)N1CCC(c2ccnc3[nH]c(C(CC)CCO)nc23)CC1. The second kappa shape index (κ2) is 9.98. The average molecular weight is 401 g/mol. The summed E-state index contributed by atoms with van der Waals surface area (Å²) >= 11 is 0. The number of carbonyl (C=O) groups excluding carboxylic acids is 1. The molecule has 29 heavy (non-hydrogen) atoms. The molecule has 1 amide bonds. The van der Waals surface area contributed by atoms with Crippen molar-refractivity contribution in [1.82, 2.24) is 19.9 Å². The van der Waals surface area contributed by atoms with Crippen molar-refractivity contribution in [2.24, 2.45) is 0 Å². The van der Waals surface area contributed by atoms with E-state index in [1.807, 2.05) is 11.1 Å². The maximum absolute atomic E-state index is 12.6. The first-order valence-corrected chi connectivity index (χ1v) is 10.5. The number of amides is 1. The first kappa shape index (κ1) is 21.5. The largest absolute Gasteiger partial charge is 0.396 e. The van der Waals surface area contributed by atoms with Gasteiger partial charge in [0.05, 0.1) is 6.61 Å². The third-order valence-corrected chi connectivity index (χ3v) is 5.92. The van der Waals surface area contributed by atoms with Gasteiger partial charge in [-0.25, -0.2) is 9.97 Å². The van der Waals surface area contributed by atoms with Crippen LogP contribution in [-0.2, 0) is 9.53 Å². The topological polar surface area (TPSA) is 91.3 Å². The molecule has 1 saturated heterocycles. The van der Waals surface area contributed by atoms with Gasteiger partial charge >= 0.3 is 0 Å². The molecular weight excluding hydrogens is 368 g/mol. The molecule has 3 rings (SSSR count). The number of methoxy groups -OCH3 is 1. The first-order chi connectivity index (χ1) is 14.1. The standard InChI is InChI=1S/C22H32N4O3/c1-4-16(8-13-27)20-24-19-18(5-10-23-21(19)25-20)17-6-11-26(12-7-17)22(28)15(2)9-14-29-3/h5,10,16-17,27H,2,4,6-9,11-14H2,1,3H3,(H,23,24,25). The predicted molar refractivity (Wildman–Crippen MR) is 113 cm³/mol. The second-order valence-electron chi connectivity index (χ2n) is 7.75. The number of rotatable bonds is 9. The quantitative estimate of drug-likeness (QED) is 0.631. The van der Waals surface area contributed by atoms with Gasteiger partial charge in [-0.3, -0.25) is 4.79 Å². The summed E-state index contributed by atoms with van der Waals surface area (Å²) in [5.74, 6) is 1.50. The number of aromatic amines is 1. The molecule has 1 aliphatic heterocycles. The molecule has 1 aliphatic rings. The van der Waals surface area contributed by atoms with E-state index in [4.69, 9.17) is 9.72 Å². The van der Waals surface area contributed by atoms with Crippen molar-refractivity contribution in [2.45, 2.75) is 50.9 Å². The van der Waals surface area contributed by atoms with Crippen molar-refractivity contribution < 1.29 is 14.6 Å². The number of aliphatic hydroxyl groups excluding tert-OH is 1. The van der Waals surface area contributed by atoms with Crippen molar-refractivity contribution in [3.8, 4) is 0 Å². The maximum Gasteiger partial charge on any atom is 0.249 e. The number of hydrogen-bond acceptors (Lipinski definition) is 5. The van der Waals surface area contributed by atoms with Gasteiger partial charge in [-0.05, 0) is 43.2 Å². The zero-order valence-corrected chi connectivity index (χ0v) is 17.5. The molecular formula is C22H32N4O3. The van der Waals surface area contributed by atoms with E-state index in [1.165, 1.54) is 5.56 Å². The van der Waals surface area contributed by atoms with E-state index in [2.05, 4.69) is 29.5 Å². The molecule has 2 aromatic heterocycles. The van der Waals surface area contributed by atoms with E-state index >= 15 is 0 Å². The van der Waals surface area contributed by atoms with Crippen LogP contribution in [0.1, 0.15) is 62.3 Å². The first-order valence-electron chi connectivity index (χ1n) is 10.5. The number of H-pyrrole nitrogens is 1. The molecule has 0 radical (unpaired) electrons. The normalized spacial score (nSPS) is 16.3. The Bertz CT molecular complexity index is 840. The minimum atomic E-state index is 0.0391. The molecule has 1 unspecified atom stereocenters. The Morgan fingerprint density at radius 3 is 2.86 bits per heavy atom. The minimum absolute atomic E-state index is 0.0391. The fourth-order valence-corrected chi connectivity index (χ4v) is 4.11. The fourth-order valence-electron chi connectivity index (χ4n) is 4.11. The molecule has 0 spiro atoms. The average Bonchev–Trinajstić information content (AvgIpc) is 3.19. The highest BCUT2D eigenvalue weighted by atomic mass is 16.5. The number of nitrogens with zero attached hydrogens (tertiary/aromatic N) is 3. The van der Waals surface area contributed by atoms with Crippen molar-refractivity contribution in [3.63, 3.8) is 0 Å². The third kappa shape index (κ3) is 4.85. The number of fused-ring (bicyclic) bond motifs is 1. The van der Waals surface area contributed by atoms with Crippen LogP contribution in [0.15, 0.2) is 24.4 Å². The van der Waals surface area contributed by atoms with Gasteiger partial charge in [0, 0.05) is 50.9 Å². The van der Waals surface area contributed by atoms with Gasteiger partial charge in [-0.1, -0.05) is 13.5 Å². The van der Waals surface area contributed by atoms with Crippen LogP contribution in [0, 0.1) is 0 Å². The second-order valence-corrected chi connectivity index (χ2v) is 7.75. The van der Waals surface area contributed by atoms with E-state index in [9.17, 15) is 9.90 Å². The number of aliphatic hydroxyl groups is 1. The van der Waals surface area contributed by atoms with Crippen molar-refractivity contribution >= 4 is 17.1 Å². The van der Waals surface area contributed by atoms with Crippen molar-refractivity contribution in [2.75, 3.05) is 33.4 Å². The van der Waals surface area contributed by atoms with Crippen LogP contribution in [0.3, 0.4) is 0 Å². The summed E-state index contributed by atoms with van der Waals surface area (Å²) in [6.45, 7) is 8.14. The summed E-state index contributed by atoms with van der Waals surface area (Å²) in [6, 6.07) is 2.06. The summed E-state index contributed by atoms with van der Waals surface area (Å²) in [4.78, 5) is 27.1. The highest BCUT2D eigenvalue weighted by Gasteiger charge is 2.27. The predicted octanol–water partition coefficient (Wildman–Crippen LogP) is 3.13. The van der Waals surface area contributed by atoms with Crippen LogP contribution in [0.25, 0.3) is 11.2 Å². The van der Waals surface area contributed by atoms with Gasteiger partial charge in [0.25, 0.3) is 0 Å². The summed E-state index contributed by atoms with van der Waals surface area (Å²) < 4.78 is 5.05. The van der Waals surface area contributed by atoms with Gasteiger partial charge < -0.3 is 19.7 Å². The molecule has 2 N–H and O–H groups in total. The van der Waals surface area contributed by atoms with Crippen LogP contribution in [0.4, 0.5) is 0 Å². The minimum Gasteiger partial charge on any atom is -0.396 e. The van der Waals surface area contributed by atoms with Gasteiger partial charge in [0.2, 0.25) is 5.91 Å². The zero-order valence-electron chi connectivity index (χ0n) is 17.5. The van der Waals surface area contributed by atoms with Crippen LogP contribution in [0.5, 0.6) is 0 Å². The van der Waals surface area contributed by atoms with Gasteiger partial charge in [-0.15, -0.1) is 0 Å². The molecule has 0 bridgehead atoms. The Morgan fingerprint density at radius 2 is 2.21 bits per heavy atom. The van der Waals surface area contributed by atoms with E-state index in [0.29, 0.717) is 30.9 Å². The van der Waals surface area contributed by atoms with Crippen LogP contribution in [0.2, 0.25) is 0 Å². The highest BCUT2D eigenvalue weighted by molar-refractivity contribution is 5.92. The number of nitrogens with one attached hydrogen (secondary N) is 1. The van der Waals surface area contributed by atoms with E-state index < -0.39 is 0 Å². The Labute approximate surface area is 172 Å². The molecule has 7 heteroatoms. The van der Waals surface area contributed by atoms with E-state index in [1.54, 1.807) is 7.11 Å². The number of piperidine rings is 1. The fraction of sp³-hybridized carbons (Fsp3) is 0.591. The maximum atomic E-state index is 12.6. The van der Waals surface area contributed by atoms with Crippen molar-refractivity contribution in [3.05, 3.63) is 35.8 Å². The van der Waals surface area contributed by atoms with Crippen LogP contribution >= 0.6 is 0 Å². The smallest absolute Gasteiger partial charge is 0.249 e. The number of carbonyl (C=O) groups is 1. The molecule has 158 valence electrons. The molecule has 2 aromatic rings. The third-order valence-electron chi connectivity index (χ3n) is 5.92. The molecule has 0 aromatic carbocycles. The number of imidazole rings is 1. The number of pyridine rings is 1. The lowest BCUT2D eigenvalue weighted by molar-refractivity contribution is -0.128. The summed E-state index contributed by atoms with van der Waals surface area (Å²) in [5.41, 5.74) is 3.54. The summed E-state index contributed by atoms with van der Waals surface area (Å²) in [7, 11) is 1.63. The lowest BCUT2D eigenvalue weighted by Gasteiger charge is -2.32. The summed E-state index contributed by atoms with van der Waals surface area (Å²) in [6.07, 6.45) is 5.82. The molecule has 0 aliphatic carbocycles. The number of aromatic nitrogens is 3. The Hall–Kier alpha value is -2.25. The molecule has 7 nitrogen and oxygen atoms in total. The number of ether oxygens (including phenoxy) is 1. The molecule has 1 fully saturated rings. The van der Waals surface area contributed by atoms with Gasteiger partial charge in [0.1, 0.15) is 11.3 Å². The Kier molecular flexibility index (Phi) is 7.39. The number of hydrogen-bond donors (Lipinski definition) is 2. The van der Waals surface area contributed by atoms with Crippen LogP contribution in [-0.4, -0.2) is 64.3 Å². The lowest BCUT2D eigenvalue weighted by atomic mass is 9.89. The van der Waals surface area contributed by atoms with Crippen LogP contribution < -0.4 is 0 Å². The highest BCUT2D eigenvalue weighted by Crippen LogP contribution is 2.33. The van der Waals surface area contributed by atoms with E-state index in [-0.39, 0.29) is 18.4 Å². The molecule has 0 saturated carbocycles. The molecule has 1 atom stereocenters. The Morgan fingerprint density at radius 1 is 1.45 bits per heavy atom. The van der Waals surface area contributed by atoms with Gasteiger partial charge in [0.15, 0.2) is 5.65 Å². The molecule has 3 heterocycles. The zero-order chi connectivity index (χ0) is 20.8. The summed E-state index contributed by atoms with van der Waals surface area (Å²) in [5, 5.41) is 9.32.